The molecule has 2 aliphatic rings. The topological polar surface area (TPSA) is 137 Å². The number of hydrogen-bond donors (Lipinski definition) is 3. The molecule has 0 radical (unpaired) electrons. The van der Waals surface area contributed by atoms with Crippen LogP contribution in [0.15, 0.2) is 78.4 Å². The van der Waals surface area contributed by atoms with Crippen LogP contribution in [0.1, 0.15) is 37.4 Å². The number of amides is 2. The number of hydrogen-bond acceptors (Lipinski definition) is 10. The van der Waals surface area contributed by atoms with Gasteiger partial charge in [0.1, 0.15) is 34.7 Å². The molecule has 2 aromatic heterocycles. The first kappa shape index (κ1) is 37.0. The van der Waals surface area contributed by atoms with E-state index < -0.39 is 6.03 Å². The SMILES string of the molecule is COC1=CC(Nc2nccc(Oc3ccc(NC(=O)Nc4cc(C(C)C)nn4-c4ccc(C)cc4)c(Cl)c3Cl)n2)CC(OCCN2CCOCC2)=C1. The molecule has 2 amide bonds. The minimum absolute atomic E-state index is 0.100. The van der Waals surface area contributed by atoms with Crippen LogP contribution in [0.5, 0.6) is 11.6 Å². The summed E-state index contributed by atoms with van der Waals surface area (Å²) in [6, 6.07) is 13.8. The van der Waals surface area contributed by atoms with Crippen LogP contribution in [-0.2, 0) is 14.2 Å². The van der Waals surface area contributed by atoms with Crippen molar-refractivity contribution in [1.29, 1.82) is 0 Å². The Hall–Kier alpha value is -4.82. The number of benzene rings is 2. The van der Waals surface area contributed by atoms with Crippen molar-refractivity contribution in [1.82, 2.24) is 24.6 Å². The molecule has 15 heteroatoms. The Morgan fingerprint density at radius 2 is 1.85 bits per heavy atom. The number of ether oxygens (including phenoxy) is 4. The summed E-state index contributed by atoms with van der Waals surface area (Å²) in [7, 11) is 1.62. The Morgan fingerprint density at radius 1 is 1.06 bits per heavy atom. The molecule has 0 saturated carbocycles. The minimum atomic E-state index is -0.518. The second-order valence-corrected chi connectivity index (χ2v) is 13.4. The van der Waals surface area contributed by atoms with Crippen molar-refractivity contribution < 1.29 is 23.7 Å². The fourth-order valence-electron chi connectivity index (χ4n) is 5.57. The van der Waals surface area contributed by atoms with Gasteiger partial charge in [0.25, 0.3) is 0 Å². The van der Waals surface area contributed by atoms with Gasteiger partial charge in [-0.3, -0.25) is 10.2 Å². The molecule has 6 rings (SSSR count). The molecule has 3 heterocycles. The fraction of sp³-hybridized carbons (Fsp3) is 0.351. The third kappa shape index (κ3) is 9.53. The normalized spacial score (nSPS) is 16.2. The van der Waals surface area contributed by atoms with Crippen LogP contribution in [0.3, 0.4) is 0 Å². The summed E-state index contributed by atoms with van der Waals surface area (Å²) in [6.07, 6.45) is 6.01. The Bertz CT molecular complexity index is 1930. The standard InChI is InChI=1S/C37H42Cl2N8O5/c1-23(2)30-22-32(47(45-30)26-7-5-24(3)6-8-26)43-37(48)42-29-9-10-31(35(39)34(29)38)52-33-11-12-40-36(44-33)41-25-19-27(49-4)21-28(20-25)51-18-15-46-13-16-50-17-14-46/h5-12,19,21-23,25H,13-18,20H2,1-4H3,(H,40,41,44)(H2,42,43,48). The van der Waals surface area contributed by atoms with E-state index >= 15 is 0 Å². The van der Waals surface area contributed by atoms with Gasteiger partial charge in [0.2, 0.25) is 11.8 Å². The van der Waals surface area contributed by atoms with E-state index in [0.29, 0.717) is 36.2 Å². The largest absolute Gasteiger partial charge is 0.497 e. The molecule has 0 bridgehead atoms. The van der Waals surface area contributed by atoms with Crippen LogP contribution < -0.4 is 20.7 Å². The number of morpholine rings is 1. The van der Waals surface area contributed by atoms with Crippen LogP contribution in [0.2, 0.25) is 10.0 Å². The number of nitrogens with zero attached hydrogens (tertiary/aromatic N) is 5. The summed E-state index contributed by atoms with van der Waals surface area (Å²) in [5, 5.41) is 13.9. The van der Waals surface area contributed by atoms with Crippen molar-refractivity contribution in [3.05, 3.63) is 99.7 Å². The summed E-state index contributed by atoms with van der Waals surface area (Å²) >= 11 is 13.2. The summed E-state index contributed by atoms with van der Waals surface area (Å²) in [5.41, 5.74) is 3.07. The van der Waals surface area contributed by atoms with E-state index in [1.165, 1.54) is 0 Å². The summed E-state index contributed by atoms with van der Waals surface area (Å²) in [6.45, 7) is 10.8. The van der Waals surface area contributed by atoms with Gasteiger partial charge in [-0.25, -0.2) is 14.5 Å². The number of nitrogens with one attached hydrogen (secondary N) is 3. The Morgan fingerprint density at radius 3 is 2.60 bits per heavy atom. The number of carbonyl (C=O) groups is 1. The third-order valence-electron chi connectivity index (χ3n) is 8.42. The maximum absolute atomic E-state index is 13.2. The molecule has 13 nitrogen and oxygen atoms in total. The number of aryl methyl sites for hydroxylation is 1. The lowest BCUT2D eigenvalue weighted by molar-refractivity contribution is 0.0268. The summed E-state index contributed by atoms with van der Waals surface area (Å²) in [4.78, 5) is 24.4. The van der Waals surface area contributed by atoms with E-state index in [1.807, 2.05) is 63.3 Å². The lowest BCUT2D eigenvalue weighted by atomic mass is 10.1. The van der Waals surface area contributed by atoms with Crippen LogP contribution in [0, 0.1) is 6.92 Å². The Labute approximate surface area is 312 Å². The molecule has 2 aromatic carbocycles. The summed E-state index contributed by atoms with van der Waals surface area (Å²) in [5.74, 6) is 2.98. The van der Waals surface area contributed by atoms with Crippen molar-refractivity contribution in [3.8, 4) is 17.3 Å². The lowest BCUT2D eigenvalue weighted by Gasteiger charge is -2.27. The molecular formula is C37H42Cl2N8O5. The van der Waals surface area contributed by atoms with E-state index in [0.717, 1.165) is 55.6 Å². The molecule has 1 saturated heterocycles. The maximum atomic E-state index is 13.2. The number of aromatic nitrogens is 4. The predicted octanol–water partition coefficient (Wildman–Crippen LogP) is 7.78. The highest BCUT2D eigenvalue weighted by Gasteiger charge is 2.21. The number of methoxy groups -OCH3 is 1. The molecule has 1 aliphatic carbocycles. The molecule has 274 valence electrons. The van der Waals surface area contributed by atoms with Crippen LogP contribution in [-0.4, -0.2) is 83.3 Å². The second-order valence-electron chi connectivity index (χ2n) is 12.6. The molecule has 3 N–H and O–H groups in total. The van der Waals surface area contributed by atoms with Crippen molar-refractivity contribution in [2.24, 2.45) is 0 Å². The average molecular weight is 750 g/mol. The number of carbonyl (C=O) groups excluding carboxylic acids is 1. The van der Waals surface area contributed by atoms with Gasteiger partial charge in [-0.2, -0.15) is 10.1 Å². The Kier molecular flexibility index (Phi) is 12.2. The van der Waals surface area contributed by atoms with E-state index in [1.54, 1.807) is 36.2 Å². The first-order chi connectivity index (χ1) is 25.1. The van der Waals surface area contributed by atoms with Gasteiger partial charge in [-0.05, 0) is 43.2 Å². The maximum Gasteiger partial charge on any atom is 0.324 e. The molecule has 0 spiro atoms. The number of allylic oxidation sites excluding steroid dienone is 1. The molecule has 52 heavy (non-hydrogen) atoms. The van der Waals surface area contributed by atoms with Gasteiger partial charge < -0.3 is 29.6 Å². The van der Waals surface area contributed by atoms with E-state index in [2.05, 4.69) is 30.8 Å². The van der Waals surface area contributed by atoms with Crippen LogP contribution in [0.4, 0.5) is 22.2 Å². The van der Waals surface area contributed by atoms with Crippen LogP contribution >= 0.6 is 23.2 Å². The first-order valence-electron chi connectivity index (χ1n) is 17.0. The molecule has 1 aliphatic heterocycles. The smallest absolute Gasteiger partial charge is 0.324 e. The zero-order valence-corrected chi connectivity index (χ0v) is 31.0. The Balaban J connectivity index is 1.07. The van der Waals surface area contributed by atoms with Crippen LogP contribution in [0.25, 0.3) is 5.69 Å². The molecular weight excluding hydrogens is 707 g/mol. The van der Waals surface area contributed by atoms with Gasteiger partial charge in [-0.15, -0.1) is 0 Å². The molecule has 4 aromatic rings. The zero-order chi connectivity index (χ0) is 36.6. The third-order valence-corrected chi connectivity index (χ3v) is 9.28. The highest BCUT2D eigenvalue weighted by Crippen LogP contribution is 2.39. The van der Waals surface area contributed by atoms with Gasteiger partial charge in [0, 0.05) is 50.5 Å². The average Bonchev–Trinajstić information content (AvgIpc) is 3.56. The van der Waals surface area contributed by atoms with Crippen molar-refractivity contribution in [3.63, 3.8) is 0 Å². The zero-order valence-electron chi connectivity index (χ0n) is 29.5. The number of halogens is 2. The van der Waals surface area contributed by atoms with E-state index in [-0.39, 0.29) is 33.6 Å². The number of anilines is 3. The monoisotopic (exact) mass is 748 g/mol. The predicted molar refractivity (Wildman–Crippen MR) is 202 cm³/mol. The minimum Gasteiger partial charge on any atom is -0.497 e. The number of rotatable bonds is 13. The van der Waals surface area contributed by atoms with E-state index in [9.17, 15) is 4.79 Å². The highest BCUT2D eigenvalue weighted by atomic mass is 35.5. The van der Waals surface area contributed by atoms with Gasteiger partial charge in [-0.1, -0.05) is 54.7 Å². The second kappa shape index (κ2) is 17.1. The van der Waals surface area contributed by atoms with Gasteiger partial charge in [0.15, 0.2) is 0 Å². The molecule has 1 unspecified atom stereocenters. The first-order valence-corrected chi connectivity index (χ1v) is 17.8. The van der Waals surface area contributed by atoms with Crippen molar-refractivity contribution >= 4 is 46.7 Å². The molecule has 1 fully saturated rings. The van der Waals surface area contributed by atoms with E-state index in [4.69, 9.17) is 47.2 Å². The van der Waals surface area contributed by atoms with Gasteiger partial charge >= 0.3 is 6.03 Å². The quantitative estimate of drug-likeness (QED) is 0.124. The summed E-state index contributed by atoms with van der Waals surface area (Å²) < 4.78 is 24.8. The number of urea groups is 1. The molecule has 1 atom stereocenters. The van der Waals surface area contributed by atoms with Crippen molar-refractivity contribution in [2.45, 2.75) is 39.2 Å². The van der Waals surface area contributed by atoms with Gasteiger partial charge in [0.05, 0.1) is 48.5 Å². The fourth-order valence-corrected chi connectivity index (χ4v) is 5.97. The van der Waals surface area contributed by atoms with Crippen molar-refractivity contribution in [2.75, 3.05) is 62.5 Å². The lowest BCUT2D eigenvalue weighted by Crippen LogP contribution is -2.38. The highest BCUT2D eigenvalue weighted by molar-refractivity contribution is 6.45.